The molecule has 1 aliphatic heterocycles. The first-order valence-electron chi connectivity index (χ1n) is 11.9. The van der Waals surface area contributed by atoms with Crippen molar-refractivity contribution in [2.24, 2.45) is 0 Å². The predicted octanol–water partition coefficient (Wildman–Crippen LogP) is 4.47. The summed E-state index contributed by atoms with van der Waals surface area (Å²) in [5, 5.41) is 3.04. The van der Waals surface area contributed by atoms with Crippen molar-refractivity contribution in [1.82, 2.24) is 19.8 Å². The summed E-state index contributed by atoms with van der Waals surface area (Å²) < 4.78 is 15.4. The Morgan fingerprint density at radius 3 is 2.49 bits per heavy atom. The number of rotatable bonds is 8. The van der Waals surface area contributed by atoms with Crippen molar-refractivity contribution >= 4 is 57.6 Å². The number of aromatic nitrogens is 2. The van der Waals surface area contributed by atoms with Crippen molar-refractivity contribution in [3.8, 4) is 5.69 Å². The highest BCUT2D eigenvalue weighted by Crippen LogP contribution is 2.32. The predicted molar refractivity (Wildman–Crippen MR) is 150 cm³/mol. The van der Waals surface area contributed by atoms with E-state index in [9.17, 15) is 23.6 Å². The lowest BCUT2D eigenvalue weighted by Crippen LogP contribution is -2.37. The normalized spacial score (nSPS) is 14.4. The summed E-state index contributed by atoms with van der Waals surface area (Å²) in [4.78, 5) is 56.6. The molecule has 0 saturated carbocycles. The summed E-state index contributed by atoms with van der Waals surface area (Å²) >= 11 is 1.84. The Kier molecular flexibility index (Phi) is 7.89. The van der Waals surface area contributed by atoms with Crippen molar-refractivity contribution in [3.63, 3.8) is 0 Å². The number of benzene rings is 3. The lowest BCUT2D eigenvalue weighted by Gasteiger charge is -2.14. The lowest BCUT2D eigenvalue weighted by atomic mass is 10.2. The minimum atomic E-state index is -0.538. The molecule has 1 saturated heterocycles. The highest BCUT2D eigenvalue weighted by molar-refractivity contribution is 8.18. The maximum Gasteiger partial charge on any atom is 0.293 e. The van der Waals surface area contributed by atoms with Gasteiger partial charge in [-0.15, -0.1) is 0 Å². The van der Waals surface area contributed by atoms with E-state index < -0.39 is 17.0 Å². The molecule has 0 spiro atoms. The van der Waals surface area contributed by atoms with E-state index in [1.807, 2.05) is 18.2 Å². The second kappa shape index (κ2) is 11.7. The first kappa shape index (κ1) is 26.4. The van der Waals surface area contributed by atoms with E-state index in [1.165, 1.54) is 28.8 Å². The number of fused-ring (bicyclic) bond motifs is 1. The molecule has 39 heavy (non-hydrogen) atoms. The quantitative estimate of drug-likeness (QED) is 0.193. The second-order valence-corrected chi connectivity index (χ2v) is 10.3. The van der Waals surface area contributed by atoms with E-state index in [2.05, 4.69) is 10.3 Å². The minimum Gasteiger partial charge on any atom is -0.354 e. The molecule has 0 unspecified atom stereocenters. The topological polar surface area (TPSA) is 101 Å². The monoisotopic (exact) mass is 560 g/mol. The van der Waals surface area contributed by atoms with Gasteiger partial charge in [0.25, 0.3) is 16.7 Å². The number of nitrogens with one attached hydrogen (secondary N) is 1. The molecule has 1 aromatic heterocycles. The molecule has 3 amide bonds. The van der Waals surface area contributed by atoms with Gasteiger partial charge in [-0.3, -0.25) is 28.6 Å². The molecule has 2 heterocycles. The molecule has 0 aliphatic carbocycles. The number of halogens is 1. The van der Waals surface area contributed by atoms with Gasteiger partial charge in [-0.1, -0.05) is 60.3 Å². The number of hydrogen-bond donors (Lipinski definition) is 1. The van der Waals surface area contributed by atoms with Crippen molar-refractivity contribution in [2.45, 2.75) is 5.16 Å². The highest BCUT2D eigenvalue weighted by atomic mass is 32.2. The average molecular weight is 561 g/mol. The molecule has 1 fully saturated rings. The molecule has 196 valence electrons. The Morgan fingerprint density at radius 2 is 1.69 bits per heavy atom. The number of carbonyl (C=O) groups is 3. The van der Waals surface area contributed by atoms with Crippen LogP contribution in [0.4, 0.5) is 9.18 Å². The van der Waals surface area contributed by atoms with Crippen molar-refractivity contribution in [3.05, 3.63) is 106 Å². The zero-order chi connectivity index (χ0) is 27.4. The van der Waals surface area contributed by atoms with Crippen molar-refractivity contribution in [1.29, 1.82) is 0 Å². The summed E-state index contributed by atoms with van der Waals surface area (Å²) in [6.07, 6.45) is 1.35. The first-order valence-corrected chi connectivity index (χ1v) is 13.7. The van der Waals surface area contributed by atoms with E-state index >= 15 is 0 Å². The van der Waals surface area contributed by atoms with Crippen LogP contribution < -0.4 is 10.9 Å². The first-order chi connectivity index (χ1) is 18.9. The van der Waals surface area contributed by atoms with Crippen LogP contribution in [0.3, 0.4) is 0 Å². The van der Waals surface area contributed by atoms with E-state index in [4.69, 9.17) is 0 Å². The Bertz CT molecular complexity index is 1670. The van der Waals surface area contributed by atoms with Crippen LogP contribution >= 0.6 is 23.5 Å². The van der Waals surface area contributed by atoms with Gasteiger partial charge in [0.15, 0.2) is 5.16 Å². The SMILES string of the molecule is O=C(CSc1nc2ccccc2c(=O)n1-c1ccccc1)NCCN1C(=O)S/C(=C/c2ccccc2F)C1=O. The van der Waals surface area contributed by atoms with Crippen LogP contribution in [0.2, 0.25) is 0 Å². The summed E-state index contributed by atoms with van der Waals surface area (Å²) in [5.74, 6) is -1.42. The van der Waals surface area contributed by atoms with Gasteiger partial charge in [0.1, 0.15) is 5.82 Å². The van der Waals surface area contributed by atoms with Crippen LogP contribution in [0.5, 0.6) is 0 Å². The van der Waals surface area contributed by atoms with E-state index in [1.54, 1.807) is 42.5 Å². The number of thioether (sulfide) groups is 2. The summed E-state index contributed by atoms with van der Waals surface area (Å²) in [5.41, 5.74) is 1.13. The van der Waals surface area contributed by atoms with Crippen LogP contribution in [0, 0.1) is 5.82 Å². The third-order valence-electron chi connectivity index (χ3n) is 5.81. The zero-order valence-electron chi connectivity index (χ0n) is 20.4. The van der Waals surface area contributed by atoms with E-state index in [-0.39, 0.29) is 40.8 Å². The maximum absolute atomic E-state index is 13.9. The molecule has 1 aliphatic rings. The smallest absolute Gasteiger partial charge is 0.293 e. The van der Waals surface area contributed by atoms with Crippen LogP contribution in [-0.4, -0.2) is 50.3 Å². The summed E-state index contributed by atoms with van der Waals surface area (Å²) in [6, 6.07) is 22.0. The Morgan fingerprint density at radius 1 is 0.974 bits per heavy atom. The van der Waals surface area contributed by atoms with Gasteiger partial charge in [0.2, 0.25) is 5.91 Å². The molecule has 5 rings (SSSR count). The molecule has 11 heteroatoms. The Balaban J connectivity index is 1.23. The maximum atomic E-state index is 13.9. The van der Waals surface area contributed by atoms with Crippen LogP contribution in [0.15, 0.2) is 93.7 Å². The average Bonchev–Trinajstić information content (AvgIpc) is 3.21. The Hall–Kier alpha value is -4.22. The van der Waals surface area contributed by atoms with Crippen LogP contribution in [0.1, 0.15) is 5.56 Å². The Labute approximate surface area is 230 Å². The molecule has 3 aromatic carbocycles. The van der Waals surface area contributed by atoms with Gasteiger partial charge in [0.05, 0.1) is 27.2 Å². The van der Waals surface area contributed by atoms with Gasteiger partial charge in [-0.2, -0.15) is 0 Å². The summed E-state index contributed by atoms with van der Waals surface area (Å²) in [6.45, 7) is 0.0136. The lowest BCUT2D eigenvalue weighted by molar-refractivity contribution is -0.123. The van der Waals surface area contributed by atoms with Gasteiger partial charge in [0, 0.05) is 18.7 Å². The molecule has 4 aromatic rings. The fourth-order valence-electron chi connectivity index (χ4n) is 3.93. The molecule has 0 atom stereocenters. The highest BCUT2D eigenvalue weighted by Gasteiger charge is 2.34. The number of hydrogen-bond acceptors (Lipinski definition) is 7. The summed E-state index contributed by atoms with van der Waals surface area (Å²) in [7, 11) is 0. The number of amides is 3. The number of nitrogens with zero attached hydrogens (tertiary/aromatic N) is 3. The standard InChI is InChI=1S/C28H21FN4O4S2/c29-21-12-6-4-8-18(21)16-23-26(36)32(28(37)39-23)15-14-30-24(34)17-38-27-31-22-13-7-5-11-20(22)25(35)33(27)19-9-2-1-3-10-19/h1-13,16H,14-15,17H2,(H,30,34)/b23-16+. The molecule has 0 radical (unpaired) electrons. The minimum absolute atomic E-state index is 0.0291. The van der Waals surface area contributed by atoms with Gasteiger partial charge in [-0.25, -0.2) is 9.37 Å². The molecule has 0 bridgehead atoms. The van der Waals surface area contributed by atoms with Gasteiger partial charge >= 0.3 is 0 Å². The molecule has 8 nitrogen and oxygen atoms in total. The third-order valence-corrected chi connectivity index (χ3v) is 7.66. The third kappa shape index (κ3) is 5.79. The molecular weight excluding hydrogens is 539 g/mol. The number of imide groups is 1. The molecular formula is C28H21FN4O4S2. The van der Waals surface area contributed by atoms with Gasteiger partial charge in [-0.05, 0) is 48.2 Å². The van der Waals surface area contributed by atoms with Crippen molar-refractivity contribution < 1.29 is 18.8 Å². The fraction of sp³-hybridized carbons (Fsp3) is 0.107. The van der Waals surface area contributed by atoms with Crippen LogP contribution in [-0.2, 0) is 9.59 Å². The largest absolute Gasteiger partial charge is 0.354 e. The number of para-hydroxylation sites is 2. The molecule has 1 N–H and O–H groups in total. The fourth-order valence-corrected chi connectivity index (χ4v) is 5.63. The van der Waals surface area contributed by atoms with Crippen LogP contribution in [0.25, 0.3) is 22.7 Å². The van der Waals surface area contributed by atoms with E-state index in [0.717, 1.165) is 28.4 Å². The van der Waals surface area contributed by atoms with Crippen molar-refractivity contribution in [2.75, 3.05) is 18.8 Å². The van der Waals surface area contributed by atoms with Gasteiger partial charge < -0.3 is 5.32 Å². The number of carbonyl (C=O) groups excluding carboxylic acids is 3. The van der Waals surface area contributed by atoms with E-state index in [0.29, 0.717) is 21.7 Å². The zero-order valence-corrected chi connectivity index (χ0v) is 22.0. The second-order valence-electron chi connectivity index (χ2n) is 8.38.